The lowest BCUT2D eigenvalue weighted by molar-refractivity contribution is 0.586. The van der Waals surface area contributed by atoms with Gasteiger partial charge in [0, 0.05) is 13.1 Å². The van der Waals surface area contributed by atoms with Crippen LogP contribution in [-0.4, -0.2) is 37.7 Å². The third kappa shape index (κ3) is 4.04. The van der Waals surface area contributed by atoms with Gasteiger partial charge in [0.25, 0.3) is 5.56 Å². The fourth-order valence-corrected chi connectivity index (χ4v) is 2.24. The van der Waals surface area contributed by atoms with Crippen LogP contribution in [0.1, 0.15) is 6.42 Å². The molecule has 1 heterocycles. The van der Waals surface area contributed by atoms with Gasteiger partial charge in [-0.05, 0) is 18.6 Å². The minimum Gasteiger partial charge on any atom is -0.356 e. The number of hydrogen-bond acceptors (Lipinski definition) is 5. The number of anilines is 1. The number of rotatable bonds is 6. The number of nitrogens with one attached hydrogen (secondary N) is 3. The maximum atomic E-state index is 11.8. The summed E-state index contributed by atoms with van der Waals surface area (Å²) >= 11 is 0. The van der Waals surface area contributed by atoms with Crippen LogP contribution in [0.5, 0.6) is 0 Å². The normalized spacial score (nSPS) is 11.7. The van der Waals surface area contributed by atoms with Crippen LogP contribution in [0.2, 0.25) is 0 Å². The van der Waals surface area contributed by atoms with Gasteiger partial charge in [0.1, 0.15) is 0 Å². The van der Waals surface area contributed by atoms with E-state index in [1.165, 1.54) is 0 Å². The van der Waals surface area contributed by atoms with Crippen LogP contribution in [0.25, 0.3) is 10.9 Å². The van der Waals surface area contributed by atoms with Crippen LogP contribution in [0.15, 0.2) is 29.1 Å². The molecule has 0 amide bonds. The van der Waals surface area contributed by atoms with Crippen LogP contribution >= 0.6 is 0 Å². The van der Waals surface area contributed by atoms with E-state index in [-0.39, 0.29) is 5.56 Å². The fourth-order valence-electron chi connectivity index (χ4n) is 1.72. The number of aromatic amines is 1. The minimum absolute atomic E-state index is 0.202. The molecule has 2 aromatic rings. The maximum Gasteiger partial charge on any atom is 0.260 e. The Bertz CT molecular complexity index is 755. The number of para-hydroxylation sites is 1. The van der Waals surface area contributed by atoms with Gasteiger partial charge in [-0.2, -0.15) is 0 Å². The van der Waals surface area contributed by atoms with Crippen molar-refractivity contribution < 1.29 is 8.42 Å². The number of aromatic nitrogens is 2. The Balaban J connectivity index is 1.95. The number of fused-ring (bicyclic) bond motifs is 1. The van der Waals surface area contributed by atoms with E-state index in [9.17, 15) is 13.2 Å². The van der Waals surface area contributed by atoms with Gasteiger partial charge in [-0.15, -0.1) is 0 Å². The second-order valence-electron chi connectivity index (χ2n) is 4.38. The average Bonchev–Trinajstić information content (AvgIpc) is 2.37. The molecule has 0 atom stereocenters. The summed E-state index contributed by atoms with van der Waals surface area (Å²) in [5.41, 5.74) is 0.417. The molecule has 0 bridgehead atoms. The fraction of sp³-hybridized carbons (Fsp3) is 0.333. The molecule has 0 aliphatic carbocycles. The predicted octanol–water partition coefficient (Wildman–Crippen LogP) is 0.274. The molecule has 0 aliphatic heterocycles. The molecule has 20 heavy (non-hydrogen) atoms. The first-order chi connectivity index (χ1) is 9.46. The van der Waals surface area contributed by atoms with Crippen molar-refractivity contribution in [1.29, 1.82) is 0 Å². The van der Waals surface area contributed by atoms with Crippen LogP contribution in [0.4, 0.5) is 5.95 Å². The molecule has 0 saturated heterocycles. The smallest absolute Gasteiger partial charge is 0.260 e. The van der Waals surface area contributed by atoms with Gasteiger partial charge in [-0.1, -0.05) is 12.1 Å². The molecule has 8 heteroatoms. The number of benzene rings is 1. The summed E-state index contributed by atoms with van der Waals surface area (Å²) in [4.78, 5) is 18.7. The number of nitrogens with zero attached hydrogens (tertiary/aromatic N) is 1. The summed E-state index contributed by atoms with van der Waals surface area (Å²) in [5.74, 6) is 0.382. The van der Waals surface area contributed by atoms with Crippen LogP contribution in [0, 0.1) is 0 Å². The molecule has 0 spiro atoms. The molecule has 0 saturated carbocycles. The second-order valence-corrected chi connectivity index (χ2v) is 6.21. The first kappa shape index (κ1) is 14.5. The standard InChI is InChI=1S/C12H16N4O3S/c1-20(18,19)14-8-4-7-13-12-15-10-6-3-2-5-9(10)11(17)16-12/h2-3,5-6,14H,4,7-8H2,1H3,(H2,13,15,16,17). The Morgan fingerprint density at radius 3 is 2.75 bits per heavy atom. The summed E-state index contributed by atoms with van der Waals surface area (Å²) < 4.78 is 24.1. The Kier molecular flexibility index (Phi) is 4.35. The largest absolute Gasteiger partial charge is 0.356 e. The molecule has 1 aromatic heterocycles. The van der Waals surface area contributed by atoms with E-state index in [0.29, 0.717) is 36.4 Å². The van der Waals surface area contributed by atoms with Crippen molar-refractivity contribution >= 4 is 26.9 Å². The highest BCUT2D eigenvalue weighted by Gasteiger charge is 2.03. The Labute approximate surface area is 116 Å². The van der Waals surface area contributed by atoms with Crippen molar-refractivity contribution in [2.24, 2.45) is 0 Å². The molecule has 3 N–H and O–H groups in total. The lowest BCUT2D eigenvalue weighted by atomic mass is 10.2. The van der Waals surface area contributed by atoms with Crippen LogP contribution in [0.3, 0.4) is 0 Å². The van der Waals surface area contributed by atoms with Crippen molar-refractivity contribution in [2.45, 2.75) is 6.42 Å². The SMILES string of the molecule is CS(=O)(=O)NCCCNc1nc2ccccc2c(=O)[nH]1. The van der Waals surface area contributed by atoms with Gasteiger partial charge < -0.3 is 5.32 Å². The average molecular weight is 296 g/mol. The van der Waals surface area contributed by atoms with E-state index < -0.39 is 10.0 Å². The Hall–Kier alpha value is -1.93. The van der Waals surface area contributed by atoms with Gasteiger partial charge in [0.2, 0.25) is 16.0 Å². The van der Waals surface area contributed by atoms with E-state index in [1.54, 1.807) is 18.2 Å². The maximum absolute atomic E-state index is 11.8. The lowest BCUT2D eigenvalue weighted by Gasteiger charge is -2.06. The summed E-state index contributed by atoms with van der Waals surface area (Å²) in [5, 5.41) is 3.50. The molecule has 0 aliphatic rings. The summed E-state index contributed by atoms with van der Waals surface area (Å²) in [7, 11) is -3.16. The minimum atomic E-state index is -3.16. The number of sulfonamides is 1. The zero-order valence-electron chi connectivity index (χ0n) is 11.0. The monoisotopic (exact) mass is 296 g/mol. The molecule has 108 valence electrons. The third-order valence-corrected chi connectivity index (χ3v) is 3.35. The highest BCUT2D eigenvalue weighted by atomic mass is 32.2. The highest BCUT2D eigenvalue weighted by molar-refractivity contribution is 7.88. The van der Waals surface area contributed by atoms with Gasteiger partial charge in [0.15, 0.2) is 0 Å². The Morgan fingerprint density at radius 2 is 2.00 bits per heavy atom. The van der Waals surface area contributed by atoms with E-state index in [0.717, 1.165) is 6.26 Å². The number of hydrogen-bond donors (Lipinski definition) is 3. The molecule has 0 radical (unpaired) electrons. The van der Waals surface area contributed by atoms with Crippen molar-refractivity contribution in [3.63, 3.8) is 0 Å². The number of H-pyrrole nitrogens is 1. The van der Waals surface area contributed by atoms with E-state index >= 15 is 0 Å². The molecule has 0 unspecified atom stereocenters. The third-order valence-electron chi connectivity index (χ3n) is 2.62. The quantitative estimate of drug-likeness (QED) is 0.664. The highest BCUT2D eigenvalue weighted by Crippen LogP contribution is 2.07. The summed E-state index contributed by atoms with van der Waals surface area (Å²) in [6.45, 7) is 0.841. The zero-order chi connectivity index (χ0) is 14.6. The van der Waals surface area contributed by atoms with E-state index in [4.69, 9.17) is 0 Å². The first-order valence-corrected chi connectivity index (χ1v) is 8.02. The molecule has 2 rings (SSSR count). The van der Waals surface area contributed by atoms with Crippen molar-refractivity contribution in [3.8, 4) is 0 Å². The Morgan fingerprint density at radius 1 is 1.25 bits per heavy atom. The second kappa shape index (κ2) is 6.02. The van der Waals surface area contributed by atoms with Crippen molar-refractivity contribution in [3.05, 3.63) is 34.6 Å². The molecular formula is C12H16N4O3S. The molecule has 7 nitrogen and oxygen atoms in total. The topological polar surface area (TPSA) is 104 Å². The van der Waals surface area contributed by atoms with E-state index in [1.807, 2.05) is 6.07 Å². The first-order valence-electron chi connectivity index (χ1n) is 6.13. The van der Waals surface area contributed by atoms with Crippen LogP contribution in [-0.2, 0) is 10.0 Å². The molecular weight excluding hydrogens is 280 g/mol. The zero-order valence-corrected chi connectivity index (χ0v) is 11.8. The summed E-state index contributed by atoms with van der Waals surface area (Å²) in [6.07, 6.45) is 1.70. The lowest BCUT2D eigenvalue weighted by Crippen LogP contribution is -2.24. The van der Waals surface area contributed by atoms with Crippen molar-refractivity contribution in [1.82, 2.24) is 14.7 Å². The van der Waals surface area contributed by atoms with E-state index in [2.05, 4.69) is 20.0 Å². The van der Waals surface area contributed by atoms with Gasteiger partial charge >= 0.3 is 0 Å². The van der Waals surface area contributed by atoms with Gasteiger partial charge in [-0.3, -0.25) is 9.78 Å². The predicted molar refractivity (Wildman–Crippen MR) is 78.3 cm³/mol. The van der Waals surface area contributed by atoms with Gasteiger partial charge in [-0.25, -0.2) is 18.1 Å². The van der Waals surface area contributed by atoms with Crippen LogP contribution < -0.4 is 15.6 Å². The molecule has 0 fully saturated rings. The molecule has 1 aromatic carbocycles. The summed E-state index contributed by atoms with van der Waals surface area (Å²) in [6, 6.07) is 7.07. The van der Waals surface area contributed by atoms with Crippen molar-refractivity contribution in [2.75, 3.05) is 24.7 Å². The van der Waals surface area contributed by atoms with Gasteiger partial charge in [0.05, 0.1) is 17.2 Å².